The van der Waals surface area contributed by atoms with Crippen molar-refractivity contribution in [2.45, 2.75) is 13.5 Å². The first-order valence-corrected chi connectivity index (χ1v) is 9.57. The number of rotatable bonds is 5. The molecule has 0 N–H and O–H groups in total. The van der Waals surface area contributed by atoms with E-state index >= 15 is 0 Å². The lowest BCUT2D eigenvalue weighted by atomic mass is 10.2. The molecule has 0 aliphatic carbocycles. The number of amides is 1. The van der Waals surface area contributed by atoms with Gasteiger partial charge in [0.25, 0.3) is 5.91 Å². The van der Waals surface area contributed by atoms with Crippen molar-refractivity contribution < 1.29 is 9.21 Å². The van der Waals surface area contributed by atoms with Gasteiger partial charge in [-0.2, -0.15) is 0 Å². The maximum Gasteiger partial charge on any atom is 0.251 e. The van der Waals surface area contributed by atoms with Gasteiger partial charge in [-0.3, -0.25) is 9.20 Å². The molecule has 0 bridgehead atoms. The van der Waals surface area contributed by atoms with Gasteiger partial charge in [0.15, 0.2) is 10.1 Å². The summed E-state index contributed by atoms with van der Waals surface area (Å²) in [6.07, 6.45) is 6.68. The van der Waals surface area contributed by atoms with Gasteiger partial charge < -0.3 is 9.32 Å². The number of hydrogen-bond donors (Lipinski definition) is 0. The second-order valence-corrected chi connectivity index (χ2v) is 7.25. The average Bonchev–Trinajstić information content (AvgIpc) is 3.37. The minimum atomic E-state index is -0.170. The molecule has 1 amide bonds. The van der Waals surface area contributed by atoms with Gasteiger partial charge in [-0.05, 0) is 37.3 Å². The highest BCUT2D eigenvalue weighted by atomic mass is 35.5. The van der Waals surface area contributed by atoms with Crippen molar-refractivity contribution in [2.75, 3.05) is 4.90 Å². The van der Waals surface area contributed by atoms with Crippen LogP contribution in [0.1, 0.15) is 17.0 Å². The van der Waals surface area contributed by atoms with Gasteiger partial charge in [0, 0.05) is 23.3 Å². The van der Waals surface area contributed by atoms with E-state index < -0.39 is 0 Å². The molecule has 0 spiro atoms. The third-order valence-corrected chi connectivity index (χ3v) is 5.18. The Morgan fingerprint density at radius 1 is 1.33 bits per heavy atom. The summed E-state index contributed by atoms with van der Waals surface area (Å²) in [5, 5.41) is 2.30. The maximum atomic E-state index is 13.0. The monoisotopic (exact) mass is 397 g/mol. The highest BCUT2D eigenvalue weighted by Crippen LogP contribution is 2.23. The molecule has 136 valence electrons. The maximum absolute atomic E-state index is 13.0. The first-order valence-electron chi connectivity index (χ1n) is 8.31. The van der Waals surface area contributed by atoms with E-state index in [1.165, 1.54) is 17.4 Å². The average molecular weight is 398 g/mol. The van der Waals surface area contributed by atoms with E-state index in [0.29, 0.717) is 23.2 Å². The third-order valence-electron chi connectivity index (χ3n) is 4.14. The van der Waals surface area contributed by atoms with Crippen LogP contribution in [0.25, 0.3) is 11.0 Å². The van der Waals surface area contributed by atoms with Crippen molar-refractivity contribution in [1.29, 1.82) is 0 Å². The summed E-state index contributed by atoms with van der Waals surface area (Å²) in [6, 6.07) is 11.5. The van der Waals surface area contributed by atoms with Crippen molar-refractivity contribution in [3.05, 3.63) is 82.5 Å². The Morgan fingerprint density at radius 3 is 2.89 bits per heavy atom. The molecule has 0 unspecified atom stereocenters. The lowest BCUT2D eigenvalue weighted by Gasteiger charge is -2.20. The summed E-state index contributed by atoms with van der Waals surface area (Å²) in [4.78, 5) is 19.7. The molecule has 4 rings (SSSR count). The number of imidazole rings is 1. The first-order chi connectivity index (χ1) is 13.1. The first kappa shape index (κ1) is 17.6. The Kier molecular flexibility index (Phi) is 4.83. The smallest absolute Gasteiger partial charge is 0.251 e. The molecule has 3 aromatic heterocycles. The van der Waals surface area contributed by atoms with Crippen LogP contribution in [0.15, 0.2) is 64.7 Å². The normalized spacial score (nSPS) is 11.5. The van der Waals surface area contributed by atoms with Gasteiger partial charge in [0.2, 0.25) is 0 Å². The Bertz CT molecular complexity index is 1090. The Balaban J connectivity index is 1.64. The quantitative estimate of drug-likeness (QED) is 0.435. The highest BCUT2D eigenvalue weighted by molar-refractivity contribution is 7.15. The molecule has 0 radical (unpaired) electrons. The molecular formula is C20H16ClN3O2S. The van der Waals surface area contributed by atoms with Gasteiger partial charge in [0.1, 0.15) is 5.76 Å². The van der Waals surface area contributed by atoms with Crippen LogP contribution in [0, 0.1) is 6.92 Å². The number of aromatic nitrogens is 2. The molecule has 4 aromatic rings. The van der Waals surface area contributed by atoms with Crippen molar-refractivity contribution in [2.24, 2.45) is 0 Å². The molecule has 0 saturated carbocycles. The summed E-state index contributed by atoms with van der Waals surface area (Å²) in [5.41, 5.74) is 2.61. The number of furan rings is 1. The zero-order chi connectivity index (χ0) is 18.8. The van der Waals surface area contributed by atoms with Crippen LogP contribution in [0.5, 0.6) is 0 Å². The zero-order valence-electron chi connectivity index (χ0n) is 14.5. The largest absolute Gasteiger partial charge is 0.467 e. The topological polar surface area (TPSA) is 50.8 Å². The predicted molar refractivity (Wildman–Crippen MR) is 108 cm³/mol. The Labute approximate surface area is 165 Å². The van der Waals surface area contributed by atoms with E-state index in [-0.39, 0.29) is 5.91 Å². The van der Waals surface area contributed by atoms with Gasteiger partial charge in [-0.15, -0.1) is 11.3 Å². The molecule has 0 atom stereocenters. The summed E-state index contributed by atoms with van der Waals surface area (Å²) >= 11 is 7.69. The van der Waals surface area contributed by atoms with E-state index in [4.69, 9.17) is 16.0 Å². The Hall–Kier alpha value is -2.83. The standard InChI is InChI=1S/C20H16ClN3O2S/c1-14-4-6-15(7-5-14)24(13-16-3-2-11-26-16)18(25)9-8-17-19(21)22-20-23(17)10-12-27-20/h2-12H,13H2,1H3/b9-8+. The number of benzene rings is 1. The third kappa shape index (κ3) is 3.67. The van der Waals surface area contributed by atoms with Gasteiger partial charge in [-0.25, -0.2) is 4.98 Å². The highest BCUT2D eigenvalue weighted by Gasteiger charge is 2.16. The summed E-state index contributed by atoms with van der Waals surface area (Å²) in [7, 11) is 0. The molecule has 0 saturated heterocycles. The fourth-order valence-corrected chi connectivity index (χ4v) is 3.75. The number of hydrogen-bond acceptors (Lipinski definition) is 4. The zero-order valence-corrected chi connectivity index (χ0v) is 16.1. The van der Waals surface area contributed by atoms with E-state index in [0.717, 1.165) is 16.2 Å². The number of thiazole rings is 1. The minimum Gasteiger partial charge on any atom is -0.467 e. The number of fused-ring (bicyclic) bond motifs is 1. The van der Waals surface area contributed by atoms with Crippen LogP contribution >= 0.6 is 22.9 Å². The second kappa shape index (κ2) is 7.42. The van der Waals surface area contributed by atoms with Crippen molar-refractivity contribution in [1.82, 2.24) is 9.38 Å². The van der Waals surface area contributed by atoms with E-state index in [1.54, 1.807) is 17.2 Å². The van der Waals surface area contributed by atoms with Crippen LogP contribution in [0.4, 0.5) is 5.69 Å². The van der Waals surface area contributed by atoms with E-state index in [9.17, 15) is 4.79 Å². The van der Waals surface area contributed by atoms with Crippen LogP contribution < -0.4 is 4.90 Å². The fourth-order valence-electron chi connectivity index (χ4n) is 2.75. The van der Waals surface area contributed by atoms with Crippen molar-refractivity contribution in [3.8, 4) is 0 Å². The van der Waals surface area contributed by atoms with Gasteiger partial charge in [-0.1, -0.05) is 29.3 Å². The molecule has 0 fully saturated rings. The molecule has 5 nitrogen and oxygen atoms in total. The van der Waals surface area contributed by atoms with Gasteiger partial charge >= 0.3 is 0 Å². The number of carbonyl (C=O) groups is 1. The van der Waals surface area contributed by atoms with Crippen molar-refractivity contribution >= 4 is 45.6 Å². The lowest BCUT2D eigenvalue weighted by Crippen LogP contribution is -2.28. The van der Waals surface area contributed by atoms with Gasteiger partial charge in [0.05, 0.1) is 18.5 Å². The molecule has 3 heterocycles. The fraction of sp³-hybridized carbons (Fsp3) is 0.100. The lowest BCUT2D eigenvalue weighted by molar-refractivity contribution is -0.114. The number of aryl methyl sites for hydroxylation is 1. The van der Waals surface area contributed by atoms with Crippen LogP contribution in [-0.2, 0) is 11.3 Å². The second-order valence-electron chi connectivity index (χ2n) is 6.02. The summed E-state index contributed by atoms with van der Waals surface area (Å²) < 4.78 is 7.28. The molecular weight excluding hydrogens is 382 g/mol. The van der Waals surface area contributed by atoms with Crippen LogP contribution in [0.2, 0.25) is 5.15 Å². The van der Waals surface area contributed by atoms with Crippen LogP contribution in [-0.4, -0.2) is 15.3 Å². The van der Waals surface area contributed by atoms with Crippen molar-refractivity contribution in [3.63, 3.8) is 0 Å². The predicted octanol–water partition coefficient (Wildman–Crippen LogP) is 5.20. The Morgan fingerprint density at radius 2 is 2.15 bits per heavy atom. The number of carbonyl (C=O) groups excluding carboxylic acids is 1. The number of anilines is 1. The number of halogens is 1. The SMILES string of the molecule is Cc1ccc(N(Cc2ccco2)C(=O)/C=C/c2c(Cl)nc3sccn23)cc1. The van der Waals surface area contributed by atoms with E-state index in [2.05, 4.69) is 4.98 Å². The summed E-state index contributed by atoms with van der Waals surface area (Å²) in [6.45, 7) is 2.35. The molecule has 0 aliphatic heterocycles. The molecule has 7 heteroatoms. The number of nitrogens with zero attached hydrogens (tertiary/aromatic N) is 3. The minimum absolute atomic E-state index is 0.170. The van der Waals surface area contributed by atoms with E-state index in [1.807, 2.05) is 59.3 Å². The molecule has 0 aliphatic rings. The molecule has 27 heavy (non-hydrogen) atoms. The van der Waals surface area contributed by atoms with Crippen LogP contribution in [0.3, 0.4) is 0 Å². The summed E-state index contributed by atoms with van der Waals surface area (Å²) in [5.74, 6) is 0.538. The molecule has 1 aromatic carbocycles.